The minimum absolute atomic E-state index is 0.0609. The molecule has 0 aliphatic rings. The van der Waals surface area contributed by atoms with Crippen LogP contribution in [-0.4, -0.2) is 16.6 Å². The van der Waals surface area contributed by atoms with Gasteiger partial charge < -0.3 is 9.47 Å². The third-order valence-electron chi connectivity index (χ3n) is 2.98. The quantitative estimate of drug-likeness (QED) is 0.605. The maximum Gasteiger partial charge on any atom is 0.262 e. The standard InChI is InChI=1S/C12H16ClNO2S/c1-4-12(5-2,15-3)9-6-7-10(14-8-9)16-11(13)17/h6-8H,4-5H2,1-3H3. The number of nitrogens with zero attached hydrogens (tertiary/aromatic N) is 1. The van der Waals surface area contributed by atoms with Gasteiger partial charge in [-0.15, -0.1) is 0 Å². The lowest BCUT2D eigenvalue weighted by atomic mass is 9.89. The van der Waals surface area contributed by atoms with Crippen LogP contribution in [0.1, 0.15) is 32.3 Å². The van der Waals surface area contributed by atoms with Crippen LogP contribution in [0.3, 0.4) is 0 Å². The summed E-state index contributed by atoms with van der Waals surface area (Å²) in [6, 6.07) is 3.66. The van der Waals surface area contributed by atoms with Gasteiger partial charge in [-0.1, -0.05) is 13.8 Å². The molecule has 3 nitrogen and oxygen atoms in total. The van der Waals surface area contributed by atoms with Gasteiger partial charge >= 0.3 is 0 Å². The Morgan fingerprint density at radius 2 is 2.06 bits per heavy atom. The molecule has 0 atom stereocenters. The summed E-state index contributed by atoms with van der Waals surface area (Å²) in [6.07, 6.45) is 3.51. The SMILES string of the molecule is CCC(CC)(OC)c1ccc(OC(=S)Cl)nc1. The highest BCUT2D eigenvalue weighted by atomic mass is 35.5. The summed E-state index contributed by atoms with van der Waals surface area (Å²) in [5, 5.41) is 0. The third-order valence-corrected chi connectivity index (χ3v) is 3.14. The van der Waals surface area contributed by atoms with Crippen LogP contribution in [0, 0.1) is 0 Å². The van der Waals surface area contributed by atoms with Crippen molar-refractivity contribution in [1.82, 2.24) is 4.98 Å². The van der Waals surface area contributed by atoms with Crippen LogP contribution >= 0.6 is 23.8 Å². The first-order valence-electron chi connectivity index (χ1n) is 5.47. The highest BCUT2D eigenvalue weighted by molar-refractivity contribution is 7.82. The summed E-state index contributed by atoms with van der Waals surface area (Å²) in [7, 11) is 1.71. The second-order valence-electron chi connectivity index (χ2n) is 3.63. The number of rotatable bonds is 5. The van der Waals surface area contributed by atoms with Gasteiger partial charge in [0.1, 0.15) is 0 Å². The predicted molar refractivity (Wildman–Crippen MR) is 72.6 cm³/mol. The second kappa shape index (κ2) is 6.28. The normalized spacial score (nSPS) is 11.3. The van der Waals surface area contributed by atoms with Crippen molar-refractivity contribution in [2.45, 2.75) is 32.3 Å². The molecule has 0 saturated carbocycles. The molecule has 0 fully saturated rings. The van der Waals surface area contributed by atoms with Gasteiger partial charge in [-0.25, -0.2) is 4.98 Å². The number of aromatic nitrogens is 1. The highest BCUT2D eigenvalue weighted by Gasteiger charge is 2.28. The molecule has 0 amide bonds. The van der Waals surface area contributed by atoms with Crippen molar-refractivity contribution >= 4 is 28.3 Å². The van der Waals surface area contributed by atoms with E-state index in [1.807, 2.05) is 6.07 Å². The van der Waals surface area contributed by atoms with Crippen molar-refractivity contribution in [2.24, 2.45) is 0 Å². The molecule has 0 spiro atoms. The molecule has 0 radical (unpaired) electrons. The van der Waals surface area contributed by atoms with Gasteiger partial charge in [-0.05, 0) is 42.7 Å². The molecular formula is C12H16ClNO2S. The molecule has 0 bridgehead atoms. The Kier molecular flexibility index (Phi) is 5.31. The minimum atomic E-state index is -0.285. The monoisotopic (exact) mass is 273 g/mol. The van der Waals surface area contributed by atoms with Gasteiger partial charge in [0.15, 0.2) is 0 Å². The average Bonchev–Trinajstić information content (AvgIpc) is 2.33. The first-order valence-corrected chi connectivity index (χ1v) is 6.25. The Morgan fingerprint density at radius 1 is 1.41 bits per heavy atom. The molecule has 1 aromatic heterocycles. The zero-order valence-electron chi connectivity index (χ0n) is 10.2. The van der Waals surface area contributed by atoms with E-state index in [1.54, 1.807) is 19.4 Å². The van der Waals surface area contributed by atoms with Gasteiger partial charge in [0.25, 0.3) is 4.51 Å². The Labute approximate surface area is 112 Å². The third kappa shape index (κ3) is 3.37. The number of pyridine rings is 1. The lowest BCUT2D eigenvalue weighted by Crippen LogP contribution is -2.26. The van der Waals surface area contributed by atoms with E-state index in [2.05, 4.69) is 31.0 Å². The Bertz CT molecular complexity index is 368. The van der Waals surface area contributed by atoms with E-state index in [0.717, 1.165) is 18.4 Å². The van der Waals surface area contributed by atoms with Crippen LogP contribution < -0.4 is 4.74 Å². The van der Waals surface area contributed by atoms with E-state index in [-0.39, 0.29) is 10.1 Å². The fourth-order valence-corrected chi connectivity index (χ4v) is 2.02. The van der Waals surface area contributed by atoms with Crippen molar-refractivity contribution in [1.29, 1.82) is 0 Å². The van der Waals surface area contributed by atoms with E-state index >= 15 is 0 Å². The molecule has 1 heterocycles. The number of methoxy groups -OCH3 is 1. The maximum atomic E-state index is 5.61. The molecule has 17 heavy (non-hydrogen) atoms. The molecule has 5 heteroatoms. The molecule has 0 aliphatic carbocycles. The number of thiocarbonyl (C=S) groups is 1. The van der Waals surface area contributed by atoms with Crippen LogP contribution in [0.25, 0.3) is 0 Å². The largest absolute Gasteiger partial charge is 0.417 e. The number of hydrogen-bond acceptors (Lipinski definition) is 4. The first-order chi connectivity index (χ1) is 8.07. The van der Waals surface area contributed by atoms with E-state index in [9.17, 15) is 0 Å². The van der Waals surface area contributed by atoms with Gasteiger partial charge in [-0.2, -0.15) is 0 Å². The summed E-state index contributed by atoms with van der Waals surface area (Å²) in [5.74, 6) is 0.394. The van der Waals surface area contributed by atoms with Crippen molar-refractivity contribution in [3.05, 3.63) is 23.9 Å². The van der Waals surface area contributed by atoms with Crippen molar-refractivity contribution in [3.63, 3.8) is 0 Å². The summed E-state index contributed by atoms with van der Waals surface area (Å²) in [6.45, 7) is 4.18. The smallest absolute Gasteiger partial charge is 0.262 e. The number of hydrogen-bond donors (Lipinski definition) is 0. The summed E-state index contributed by atoms with van der Waals surface area (Å²) in [4.78, 5) is 4.15. The summed E-state index contributed by atoms with van der Waals surface area (Å²) < 4.78 is 10.6. The van der Waals surface area contributed by atoms with Gasteiger partial charge in [0.2, 0.25) is 5.88 Å². The van der Waals surface area contributed by atoms with Gasteiger partial charge in [0.05, 0.1) is 5.60 Å². The summed E-state index contributed by atoms with van der Waals surface area (Å²) in [5.41, 5.74) is 0.741. The van der Waals surface area contributed by atoms with Gasteiger partial charge in [0, 0.05) is 24.9 Å². The Hall–Kier alpha value is -0.710. The molecule has 1 aromatic rings. The van der Waals surface area contributed by atoms with Crippen LogP contribution in [0.4, 0.5) is 0 Å². The average molecular weight is 274 g/mol. The second-order valence-corrected chi connectivity index (χ2v) is 4.57. The predicted octanol–water partition coefficient (Wildman–Crippen LogP) is 3.65. The van der Waals surface area contributed by atoms with E-state index in [1.165, 1.54) is 0 Å². The number of halogens is 1. The maximum absolute atomic E-state index is 5.61. The molecular weight excluding hydrogens is 258 g/mol. The zero-order valence-corrected chi connectivity index (χ0v) is 11.8. The molecule has 0 N–H and O–H groups in total. The zero-order chi connectivity index (χ0) is 12.9. The Morgan fingerprint density at radius 3 is 2.41 bits per heavy atom. The molecule has 0 aliphatic heterocycles. The van der Waals surface area contributed by atoms with Crippen LogP contribution in [0.5, 0.6) is 5.88 Å². The number of ether oxygens (including phenoxy) is 2. The minimum Gasteiger partial charge on any atom is -0.417 e. The van der Waals surface area contributed by atoms with Crippen LogP contribution in [-0.2, 0) is 10.3 Å². The summed E-state index contributed by atoms with van der Waals surface area (Å²) >= 11 is 10.1. The van der Waals surface area contributed by atoms with Crippen LogP contribution in [0.15, 0.2) is 18.3 Å². The molecule has 0 saturated heterocycles. The van der Waals surface area contributed by atoms with E-state index < -0.39 is 0 Å². The lowest BCUT2D eigenvalue weighted by Gasteiger charge is -2.30. The van der Waals surface area contributed by atoms with E-state index in [0.29, 0.717) is 5.88 Å². The topological polar surface area (TPSA) is 31.4 Å². The Balaban J connectivity index is 2.96. The van der Waals surface area contributed by atoms with Crippen molar-refractivity contribution in [2.75, 3.05) is 7.11 Å². The van der Waals surface area contributed by atoms with Crippen LogP contribution in [0.2, 0.25) is 0 Å². The molecule has 0 unspecified atom stereocenters. The lowest BCUT2D eigenvalue weighted by molar-refractivity contribution is -0.0220. The molecule has 1 rings (SSSR count). The van der Waals surface area contributed by atoms with Crippen molar-refractivity contribution < 1.29 is 9.47 Å². The fraction of sp³-hybridized carbons (Fsp3) is 0.500. The van der Waals surface area contributed by atoms with Crippen molar-refractivity contribution in [3.8, 4) is 5.88 Å². The fourth-order valence-electron chi connectivity index (χ4n) is 1.86. The van der Waals surface area contributed by atoms with E-state index in [4.69, 9.17) is 21.1 Å². The first kappa shape index (κ1) is 14.4. The molecule has 0 aromatic carbocycles. The highest BCUT2D eigenvalue weighted by Crippen LogP contribution is 2.32. The molecule has 94 valence electrons. The van der Waals surface area contributed by atoms with Gasteiger partial charge in [-0.3, -0.25) is 0 Å².